The third-order valence-electron chi connectivity index (χ3n) is 4.79. The van der Waals surface area contributed by atoms with Crippen LogP contribution in [0.2, 0.25) is 22.2 Å². The summed E-state index contributed by atoms with van der Waals surface area (Å²) < 4.78 is 0. The summed E-state index contributed by atoms with van der Waals surface area (Å²) in [6, 6.07) is 3.05. The molecule has 0 radical (unpaired) electrons. The van der Waals surface area contributed by atoms with E-state index in [1.807, 2.05) is 0 Å². The van der Waals surface area contributed by atoms with E-state index in [0.29, 0.717) is 10.1 Å². The zero-order chi connectivity index (χ0) is 13.7. The highest BCUT2D eigenvalue weighted by Crippen LogP contribution is 2.56. The lowest BCUT2D eigenvalue weighted by molar-refractivity contribution is 0.582. The molecule has 104 valence electrons. The van der Waals surface area contributed by atoms with Gasteiger partial charge in [-0.3, -0.25) is 0 Å². The summed E-state index contributed by atoms with van der Waals surface area (Å²) in [5, 5.41) is 1.07. The first-order valence-corrected chi connectivity index (χ1v) is 10.0. The first-order chi connectivity index (χ1) is 7.62. The molecule has 0 N–H and O–H groups in total. The molecular weight excluding hydrogens is 220 g/mol. The second kappa shape index (κ2) is 6.40. The van der Waals surface area contributed by atoms with Gasteiger partial charge in [-0.25, -0.2) is 0 Å². The molecule has 0 aliphatic carbocycles. The van der Waals surface area contributed by atoms with Crippen LogP contribution in [0.1, 0.15) is 81.1 Å². The van der Waals surface area contributed by atoms with Crippen molar-refractivity contribution in [3.63, 3.8) is 0 Å². The van der Waals surface area contributed by atoms with Crippen molar-refractivity contribution in [1.29, 1.82) is 0 Å². The molecule has 1 heteroatoms. The molecule has 17 heavy (non-hydrogen) atoms. The average molecular weight is 257 g/mol. The van der Waals surface area contributed by atoms with Gasteiger partial charge >= 0.3 is 0 Å². The van der Waals surface area contributed by atoms with E-state index in [1.165, 1.54) is 37.8 Å². The molecule has 0 atom stereocenters. The highest BCUT2D eigenvalue weighted by atomic mass is 28.3. The number of hydrogen-bond donors (Lipinski definition) is 0. The minimum absolute atomic E-state index is 0.537. The van der Waals surface area contributed by atoms with Gasteiger partial charge < -0.3 is 0 Å². The van der Waals surface area contributed by atoms with Crippen molar-refractivity contribution in [3.05, 3.63) is 0 Å². The van der Waals surface area contributed by atoms with Crippen molar-refractivity contribution in [1.82, 2.24) is 0 Å². The molecule has 0 nitrogen and oxygen atoms in total. The summed E-state index contributed by atoms with van der Waals surface area (Å²) >= 11 is 0. The van der Waals surface area contributed by atoms with E-state index in [0.717, 1.165) is 0 Å². The summed E-state index contributed by atoms with van der Waals surface area (Å²) in [4.78, 5) is 0. The Hall–Kier alpha value is 0.217. The lowest BCUT2D eigenvalue weighted by atomic mass is 10.2. The van der Waals surface area contributed by atoms with E-state index in [-0.39, 0.29) is 0 Å². The number of unbranched alkanes of at least 4 members (excludes halogenated alkanes) is 2. The van der Waals surface area contributed by atoms with Crippen molar-refractivity contribution in [2.75, 3.05) is 0 Å². The zero-order valence-electron chi connectivity index (χ0n) is 13.7. The molecule has 0 heterocycles. The Morgan fingerprint density at radius 3 is 1.12 bits per heavy atom. The Kier molecular flexibility index (Phi) is 6.48. The van der Waals surface area contributed by atoms with Gasteiger partial charge in [0.1, 0.15) is 0 Å². The minimum atomic E-state index is -1.24. The van der Waals surface area contributed by atoms with Crippen LogP contribution in [0.3, 0.4) is 0 Å². The number of hydrogen-bond acceptors (Lipinski definition) is 0. The van der Waals surface area contributed by atoms with E-state index in [1.54, 1.807) is 0 Å². The maximum Gasteiger partial charge on any atom is 0.0643 e. The highest BCUT2D eigenvalue weighted by molar-refractivity contribution is 6.85. The Labute approximate surface area is 112 Å². The highest BCUT2D eigenvalue weighted by Gasteiger charge is 2.50. The molecule has 0 aliphatic heterocycles. The maximum atomic E-state index is 2.51. The summed E-state index contributed by atoms with van der Waals surface area (Å²) in [6.45, 7) is 19.7. The normalized spacial score (nSPS) is 14.1. The first-order valence-electron chi connectivity index (χ1n) is 7.62. The summed E-state index contributed by atoms with van der Waals surface area (Å²) in [7, 11) is -1.24. The summed E-state index contributed by atoms with van der Waals surface area (Å²) in [5.41, 5.74) is 0. The van der Waals surface area contributed by atoms with Gasteiger partial charge in [0.15, 0.2) is 0 Å². The van der Waals surface area contributed by atoms with Gasteiger partial charge in [-0.05, 0) is 10.1 Å². The van der Waals surface area contributed by atoms with Gasteiger partial charge in [-0.1, -0.05) is 93.2 Å². The van der Waals surface area contributed by atoms with Crippen molar-refractivity contribution < 1.29 is 0 Å². The first kappa shape index (κ1) is 17.2. The quantitative estimate of drug-likeness (QED) is 0.467. The molecule has 0 aromatic heterocycles. The standard InChI is InChI=1S/C16H36Si/c1-9-11-13-17(14-12-10-2,15(3,4)5)16(6,7)8/h9-14H2,1-8H3. The van der Waals surface area contributed by atoms with Crippen LogP contribution in [0.5, 0.6) is 0 Å². The fourth-order valence-corrected chi connectivity index (χ4v) is 11.1. The van der Waals surface area contributed by atoms with E-state index in [4.69, 9.17) is 0 Å². The Balaban J connectivity index is 5.22. The fourth-order valence-electron chi connectivity index (χ4n) is 3.71. The lowest BCUT2D eigenvalue weighted by Crippen LogP contribution is -2.51. The Morgan fingerprint density at radius 1 is 0.647 bits per heavy atom. The molecule has 0 aromatic rings. The lowest BCUT2D eigenvalue weighted by Gasteiger charge is -2.53. The van der Waals surface area contributed by atoms with Gasteiger partial charge in [0, 0.05) is 0 Å². The fraction of sp³-hybridized carbons (Fsp3) is 1.00. The van der Waals surface area contributed by atoms with Crippen LogP contribution in [0.4, 0.5) is 0 Å². The van der Waals surface area contributed by atoms with Gasteiger partial charge in [0.2, 0.25) is 0 Å². The van der Waals surface area contributed by atoms with Crippen LogP contribution in [0.15, 0.2) is 0 Å². The van der Waals surface area contributed by atoms with Crippen LogP contribution >= 0.6 is 0 Å². The summed E-state index contributed by atoms with van der Waals surface area (Å²) in [5.74, 6) is 0. The third-order valence-corrected chi connectivity index (χ3v) is 12.9. The van der Waals surface area contributed by atoms with Crippen molar-refractivity contribution in [2.24, 2.45) is 0 Å². The van der Waals surface area contributed by atoms with Gasteiger partial charge in [-0.2, -0.15) is 0 Å². The summed E-state index contributed by atoms with van der Waals surface area (Å²) in [6.07, 6.45) is 5.58. The molecule has 0 bridgehead atoms. The SMILES string of the molecule is CCCC[Si](CCCC)(C(C)(C)C)C(C)(C)C. The Bertz CT molecular complexity index is 181. The molecule has 0 aliphatic rings. The molecule has 0 fully saturated rings. The molecule has 0 saturated heterocycles. The van der Waals surface area contributed by atoms with Crippen LogP contribution in [0.25, 0.3) is 0 Å². The van der Waals surface area contributed by atoms with E-state index in [9.17, 15) is 0 Å². The molecule has 0 spiro atoms. The van der Waals surface area contributed by atoms with Crippen molar-refractivity contribution in [3.8, 4) is 0 Å². The minimum Gasteiger partial charge on any atom is -0.0654 e. The van der Waals surface area contributed by atoms with Crippen LogP contribution in [-0.2, 0) is 0 Å². The topological polar surface area (TPSA) is 0 Å². The van der Waals surface area contributed by atoms with Gasteiger partial charge in [0.05, 0.1) is 8.07 Å². The average Bonchev–Trinajstić information content (AvgIpc) is 2.14. The molecule has 0 saturated carbocycles. The maximum absolute atomic E-state index is 2.51. The van der Waals surface area contributed by atoms with E-state index < -0.39 is 8.07 Å². The molecule has 0 unspecified atom stereocenters. The van der Waals surface area contributed by atoms with Crippen molar-refractivity contribution in [2.45, 2.75) is 103 Å². The van der Waals surface area contributed by atoms with E-state index in [2.05, 4.69) is 55.4 Å². The van der Waals surface area contributed by atoms with Gasteiger partial charge in [-0.15, -0.1) is 0 Å². The molecule has 0 aromatic carbocycles. The van der Waals surface area contributed by atoms with Crippen LogP contribution < -0.4 is 0 Å². The smallest absolute Gasteiger partial charge is 0.0643 e. The molecule has 0 amide bonds. The largest absolute Gasteiger partial charge is 0.0654 e. The van der Waals surface area contributed by atoms with E-state index >= 15 is 0 Å². The van der Waals surface area contributed by atoms with Gasteiger partial charge in [0.25, 0.3) is 0 Å². The predicted octanol–water partition coefficient (Wildman–Crippen LogP) is 6.64. The molecule has 0 rings (SSSR count). The third kappa shape index (κ3) is 4.12. The second-order valence-corrected chi connectivity index (χ2v) is 14.0. The second-order valence-electron chi connectivity index (χ2n) is 7.79. The number of rotatable bonds is 6. The van der Waals surface area contributed by atoms with Crippen LogP contribution in [-0.4, -0.2) is 8.07 Å². The monoisotopic (exact) mass is 256 g/mol. The molecular formula is C16H36Si. The zero-order valence-corrected chi connectivity index (χ0v) is 14.7. The van der Waals surface area contributed by atoms with Crippen LogP contribution in [0, 0.1) is 0 Å². The Morgan fingerprint density at radius 2 is 0.941 bits per heavy atom. The van der Waals surface area contributed by atoms with Crippen molar-refractivity contribution >= 4 is 8.07 Å². The predicted molar refractivity (Wildman–Crippen MR) is 84.6 cm³/mol.